The molecule has 0 amide bonds. The summed E-state index contributed by atoms with van der Waals surface area (Å²) in [6.07, 6.45) is 20.8. The Balaban J connectivity index is -0.0000000324. The Morgan fingerprint density at radius 3 is 0.576 bits per heavy atom. The molecule has 0 N–H and O–H groups in total. The molecule has 0 nitrogen and oxygen atoms in total. The van der Waals surface area contributed by atoms with E-state index in [2.05, 4.69) is 13.8 Å². The molecular weight excluding hydrogens is 415 g/mol. The van der Waals surface area contributed by atoms with Gasteiger partial charge in [0.15, 0.2) is 0 Å². The van der Waals surface area contributed by atoms with Gasteiger partial charge in [-0.3, -0.25) is 0 Å². The highest BCUT2D eigenvalue weighted by atomic mass is 31.0. The monoisotopic (exact) mass is 499 g/mol. The third-order valence-electron chi connectivity index (χ3n) is 4.79. The maximum atomic E-state index is 2.39. The van der Waals surface area contributed by atoms with Crippen molar-refractivity contribution in [2.75, 3.05) is 0 Å². The van der Waals surface area contributed by atoms with Crippen LogP contribution < -0.4 is 0 Å². The third kappa shape index (κ3) is 71.9. The summed E-state index contributed by atoms with van der Waals surface area (Å²) >= 11 is 0. The van der Waals surface area contributed by atoms with Crippen LogP contribution in [0.15, 0.2) is 0 Å². The van der Waals surface area contributed by atoms with E-state index in [0.29, 0.717) is 0 Å². The highest BCUT2D eigenvalue weighted by Gasteiger charge is 2.05. The molecule has 0 aromatic heterocycles. The number of hydrogen-bond donors (Lipinski definition) is 0. The predicted octanol–water partition coefficient (Wildman–Crippen LogP) is 14.2. The van der Waals surface area contributed by atoms with Crippen molar-refractivity contribution in [1.82, 2.24) is 0 Å². The molecule has 0 aromatic carbocycles. The average Bonchev–Trinajstić information content (AvgIpc) is 2.82. The van der Waals surface area contributed by atoms with Gasteiger partial charge >= 0.3 is 0 Å². The first-order valence-electron chi connectivity index (χ1n) is 14.8. The van der Waals surface area contributed by atoms with E-state index in [9.17, 15) is 0 Å². The predicted molar refractivity (Wildman–Crippen MR) is 176 cm³/mol. The van der Waals surface area contributed by atoms with Gasteiger partial charge in [-0.2, -0.15) is 9.90 Å². The molecule has 2 rings (SSSR count). The second-order valence-corrected chi connectivity index (χ2v) is 6.90. The van der Waals surface area contributed by atoms with Crippen LogP contribution in [-0.2, 0) is 0 Å². The van der Waals surface area contributed by atoms with Crippen LogP contribution >= 0.6 is 9.90 Å². The Hall–Kier alpha value is 0.430. The van der Waals surface area contributed by atoms with Crippen LogP contribution in [0.4, 0.5) is 0 Å². The molecule has 2 fully saturated rings. The molecule has 2 aliphatic rings. The fourth-order valence-electron chi connectivity index (χ4n) is 3.32. The molecule has 0 radical (unpaired) electrons. The third-order valence-corrected chi connectivity index (χ3v) is 4.79. The van der Waals surface area contributed by atoms with E-state index in [1.165, 1.54) is 89.9 Å². The molecule has 33 heavy (non-hydrogen) atoms. The van der Waals surface area contributed by atoms with E-state index in [1.807, 2.05) is 83.1 Å². The first-order valence-corrected chi connectivity index (χ1v) is 14.8. The molecule has 1 unspecified atom stereocenters. The molecule has 2 saturated carbocycles. The lowest BCUT2D eigenvalue weighted by molar-refractivity contribution is 0.404. The Labute approximate surface area is 223 Å². The van der Waals surface area contributed by atoms with Crippen molar-refractivity contribution in [2.45, 2.75) is 202 Å². The lowest BCUT2D eigenvalue weighted by atomic mass is 9.93. The lowest BCUT2D eigenvalue weighted by Gasteiger charge is -2.13. The van der Waals surface area contributed by atoms with Crippen LogP contribution in [0.2, 0.25) is 0 Å². The Kier molecular flexibility index (Phi) is 137. The summed E-state index contributed by atoms with van der Waals surface area (Å²) in [5.41, 5.74) is 0. The minimum Gasteiger partial charge on any atom is -0.153 e. The summed E-state index contributed by atoms with van der Waals surface area (Å²) in [6.45, 7) is 28.8. The van der Waals surface area contributed by atoms with Crippen molar-refractivity contribution in [1.29, 1.82) is 0 Å². The molecule has 0 aromatic rings. The first kappa shape index (κ1) is 58.9. The molecule has 1 atom stereocenters. The summed E-state index contributed by atoms with van der Waals surface area (Å²) in [4.78, 5) is 0. The van der Waals surface area contributed by atoms with E-state index in [1.54, 1.807) is 0 Å². The van der Waals surface area contributed by atoms with Gasteiger partial charge in [0.1, 0.15) is 0 Å². The normalized spacial score (nSPS) is 14.7. The summed E-state index contributed by atoms with van der Waals surface area (Å²) < 4.78 is 0. The van der Waals surface area contributed by atoms with Crippen LogP contribution in [0.25, 0.3) is 0 Å². The van der Waals surface area contributed by atoms with Crippen molar-refractivity contribution in [3.63, 3.8) is 0 Å². The lowest BCUT2D eigenvalue weighted by Crippen LogP contribution is -1.97. The highest BCUT2D eigenvalue weighted by Crippen LogP contribution is 2.21. The minimum absolute atomic E-state index is 0. The summed E-state index contributed by atoms with van der Waals surface area (Å²) in [7, 11) is 0. The highest BCUT2D eigenvalue weighted by molar-refractivity contribution is 6.92. The van der Waals surface area contributed by atoms with Gasteiger partial charge in [-0.15, -0.1) is 0 Å². The van der Waals surface area contributed by atoms with Crippen LogP contribution in [0.3, 0.4) is 0 Å². The van der Waals surface area contributed by atoms with Crippen molar-refractivity contribution >= 4 is 9.90 Å². The van der Waals surface area contributed by atoms with E-state index in [-0.39, 0.29) is 24.8 Å². The van der Waals surface area contributed by atoms with E-state index >= 15 is 0 Å². The first-order chi connectivity index (χ1) is 14.8. The second kappa shape index (κ2) is 76.8. The quantitative estimate of drug-likeness (QED) is 0.291. The van der Waals surface area contributed by atoms with Gasteiger partial charge in [-0.05, 0) is 11.8 Å². The van der Waals surface area contributed by atoms with Crippen molar-refractivity contribution in [3.05, 3.63) is 0 Å². The van der Waals surface area contributed by atoms with E-state index in [4.69, 9.17) is 0 Å². The van der Waals surface area contributed by atoms with Gasteiger partial charge in [0, 0.05) is 0 Å². The molecule has 0 spiro atoms. The van der Waals surface area contributed by atoms with Gasteiger partial charge in [0.25, 0.3) is 0 Å². The largest absolute Gasteiger partial charge is 0.153 e. The molecule has 0 aliphatic heterocycles. The Morgan fingerprint density at radius 1 is 0.303 bits per heavy atom. The number of rotatable bonds is 0. The summed E-state index contributed by atoms with van der Waals surface area (Å²) in [5, 5.41) is 0. The molecule has 2 aliphatic carbocycles. The van der Waals surface area contributed by atoms with Gasteiger partial charge < -0.3 is 0 Å². The van der Waals surface area contributed by atoms with Crippen LogP contribution in [0.1, 0.15) is 202 Å². The fourth-order valence-corrected chi connectivity index (χ4v) is 3.32. The minimum atomic E-state index is 0. The maximum absolute atomic E-state index is 2.39. The summed E-state index contributed by atoms with van der Waals surface area (Å²) in [5.74, 6) is 2.04. The van der Waals surface area contributed by atoms with E-state index < -0.39 is 0 Å². The summed E-state index contributed by atoms with van der Waals surface area (Å²) in [6, 6.07) is 0. The van der Waals surface area contributed by atoms with Crippen LogP contribution in [0, 0.1) is 11.8 Å². The molecule has 0 saturated heterocycles. The van der Waals surface area contributed by atoms with E-state index in [0.717, 1.165) is 11.8 Å². The Morgan fingerprint density at radius 2 is 0.424 bits per heavy atom. The van der Waals surface area contributed by atoms with Crippen molar-refractivity contribution in [3.8, 4) is 0 Å². The molecular formula is C32H83P. The average molecular weight is 499 g/mol. The zero-order valence-corrected chi connectivity index (χ0v) is 27.2. The van der Waals surface area contributed by atoms with Gasteiger partial charge in [-0.1, -0.05) is 202 Å². The van der Waals surface area contributed by atoms with Crippen LogP contribution in [0.5, 0.6) is 0 Å². The number of hydrogen-bond acceptors (Lipinski definition) is 0. The maximum Gasteiger partial charge on any atom is -0.0443 e. The standard InChI is InChI=1S/2C9H18.6C2H6.2CH4.H3P/c2*1-9-7-5-3-2-4-6-8-9;6*1-2;;;/h2*9H,2-8H2,1H3;6*1-2H3;2*1H4;1H3. The zero-order chi connectivity index (χ0) is 25.1. The topological polar surface area (TPSA) is 0 Å². The van der Waals surface area contributed by atoms with Gasteiger partial charge in [-0.25, -0.2) is 0 Å². The molecule has 0 bridgehead atoms. The molecule has 1 heteroatoms. The second-order valence-electron chi connectivity index (χ2n) is 6.90. The molecule has 0 heterocycles. The smallest absolute Gasteiger partial charge is 0.0443 e. The van der Waals surface area contributed by atoms with Gasteiger partial charge in [0.2, 0.25) is 0 Å². The van der Waals surface area contributed by atoms with Crippen molar-refractivity contribution in [2.24, 2.45) is 11.8 Å². The van der Waals surface area contributed by atoms with Crippen LogP contribution in [-0.4, -0.2) is 0 Å². The molecule has 216 valence electrons. The van der Waals surface area contributed by atoms with Gasteiger partial charge in [0.05, 0.1) is 0 Å². The van der Waals surface area contributed by atoms with Crippen molar-refractivity contribution < 1.29 is 0 Å². The zero-order valence-electron chi connectivity index (χ0n) is 25.8. The SMILES string of the molecule is C.C.CC.CC.CC.CC.CC.CC.CC1CCCCCCC1.CC1CCCCCCC1.P. The fraction of sp³-hybridized carbons (Fsp3) is 1.00. The Bertz CT molecular complexity index is 143.